The largest absolute Gasteiger partial charge is 0.456 e. The number of anilines is 5. The number of nitrogens with one attached hydrogen (secondary N) is 1. The van der Waals surface area contributed by atoms with E-state index in [-0.39, 0.29) is 10.8 Å². The van der Waals surface area contributed by atoms with Gasteiger partial charge in [-0.15, -0.1) is 11.3 Å². The highest BCUT2D eigenvalue weighted by atomic mass is 32.1. The first-order valence-electron chi connectivity index (χ1n) is 22.2. The summed E-state index contributed by atoms with van der Waals surface area (Å²) in [5.41, 5.74) is 17.1. The van der Waals surface area contributed by atoms with Crippen LogP contribution >= 0.6 is 11.3 Å². The predicted molar refractivity (Wildman–Crippen MR) is 276 cm³/mol. The molecule has 309 valence electrons. The number of hydrogen-bond acceptors (Lipinski definition) is 4. The van der Waals surface area contributed by atoms with Crippen molar-refractivity contribution in [2.45, 2.75) is 52.4 Å². The van der Waals surface area contributed by atoms with Gasteiger partial charge >= 0.3 is 0 Å². The molecule has 1 N–H and O–H groups in total. The Labute approximate surface area is 378 Å². The van der Waals surface area contributed by atoms with E-state index in [0.29, 0.717) is 0 Å². The summed E-state index contributed by atoms with van der Waals surface area (Å²) in [6.07, 6.45) is 0. The summed E-state index contributed by atoms with van der Waals surface area (Å²) >= 11 is 1.88. The highest BCUT2D eigenvalue weighted by Gasteiger charge is 2.31. The van der Waals surface area contributed by atoms with E-state index in [4.69, 9.17) is 4.42 Å². The Morgan fingerprint density at radius 3 is 1.94 bits per heavy atom. The number of aromatic nitrogens is 1. The molecule has 12 rings (SSSR count). The zero-order valence-electron chi connectivity index (χ0n) is 37.0. The second kappa shape index (κ2) is 14.3. The number of para-hydroxylation sites is 3. The van der Waals surface area contributed by atoms with Crippen LogP contribution in [0.15, 0.2) is 174 Å². The number of benzene rings is 8. The van der Waals surface area contributed by atoms with Gasteiger partial charge in [0.05, 0.1) is 11.2 Å². The van der Waals surface area contributed by atoms with Gasteiger partial charge < -0.3 is 19.2 Å². The molecule has 0 saturated carbocycles. The van der Waals surface area contributed by atoms with Gasteiger partial charge in [-0.3, -0.25) is 0 Å². The maximum atomic E-state index is 6.55. The Kier molecular flexibility index (Phi) is 8.60. The quantitative estimate of drug-likeness (QED) is 0.169. The Hall–Kier alpha value is -7.02. The minimum Gasteiger partial charge on any atom is -0.456 e. The molecule has 11 aromatic rings. The highest BCUT2D eigenvalue weighted by molar-refractivity contribution is 7.29. The van der Waals surface area contributed by atoms with Crippen LogP contribution in [0.5, 0.6) is 0 Å². The molecule has 1 radical (unpaired) electrons. The number of furan rings is 1. The van der Waals surface area contributed by atoms with Gasteiger partial charge in [-0.1, -0.05) is 126 Å². The molecule has 64 heavy (non-hydrogen) atoms. The fraction of sp³-hybridized carbons (Fsp3) is 0.138. The first-order valence-corrected chi connectivity index (χ1v) is 23.1. The molecule has 6 heteroatoms. The molecule has 0 aliphatic carbocycles. The van der Waals surface area contributed by atoms with E-state index in [2.05, 4.69) is 233 Å². The van der Waals surface area contributed by atoms with Crippen LogP contribution in [0.2, 0.25) is 0 Å². The third-order valence-corrected chi connectivity index (χ3v) is 14.2. The summed E-state index contributed by atoms with van der Waals surface area (Å²) in [4.78, 5) is 2.35. The van der Waals surface area contributed by atoms with Gasteiger partial charge in [-0.05, 0) is 123 Å². The summed E-state index contributed by atoms with van der Waals surface area (Å²) in [6, 6.07) is 62.0. The average molecular weight is 845 g/mol. The van der Waals surface area contributed by atoms with Crippen molar-refractivity contribution in [2.75, 3.05) is 10.2 Å². The third-order valence-electron chi connectivity index (χ3n) is 13.1. The molecular formula is C58H47BN3OS. The molecule has 4 nitrogen and oxygen atoms in total. The topological polar surface area (TPSA) is 33.3 Å². The van der Waals surface area contributed by atoms with Crippen molar-refractivity contribution in [1.82, 2.24) is 4.57 Å². The van der Waals surface area contributed by atoms with Crippen molar-refractivity contribution in [2.24, 2.45) is 0 Å². The van der Waals surface area contributed by atoms with Crippen LogP contribution in [-0.4, -0.2) is 11.8 Å². The Morgan fingerprint density at radius 1 is 0.531 bits per heavy atom. The van der Waals surface area contributed by atoms with Gasteiger partial charge in [0.15, 0.2) is 0 Å². The van der Waals surface area contributed by atoms with Crippen LogP contribution in [-0.2, 0) is 10.8 Å². The van der Waals surface area contributed by atoms with Crippen LogP contribution in [0.3, 0.4) is 0 Å². The molecule has 0 fully saturated rings. The molecule has 0 saturated heterocycles. The van der Waals surface area contributed by atoms with E-state index >= 15 is 0 Å². The lowest BCUT2D eigenvalue weighted by Gasteiger charge is -2.27. The fourth-order valence-corrected chi connectivity index (χ4v) is 10.9. The molecule has 1 aliphatic rings. The number of thiophene rings is 1. The van der Waals surface area contributed by atoms with Crippen LogP contribution in [0.25, 0.3) is 70.6 Å². The summed E-state index contributed by atoms with van der Waals surface area (Å²) < 4.78 is 11.7. The van der Waals surface area contributed by atoms with Gasteiger partial charge in [0.2, 0.25) is 7.28 Å². The van der Waals surface area contributed by atoms with Gasteiger partial charge in [0.25, 0.3) is 0 Å². The fourth-order valence-electron chi connectivity index (χ4n) is 9.80. The smallest absolute Gasteiger partial charge is 0.211 e. The molecule has 0 amide bonds. The SMILES string of the molecule is CC(C)(C)c1ccc(Nc2ccc(N(c3ccccc3)c3ccccc3)cc2-c2ccc3c4cc5oc6ccccc6c5cc4n4c3c2[B]c2sc3ccc(C(C)(C)C)cc3c2-4)cc1. The number of hydrogen-bond donors (Lipinski definition) is 1. The van der Waals surface area contributed by atoms with Crippen LogP contribution < -0.4 is 20.5 Å². The van der Waals surface area contributed by atoms with E-state index in [1.54, 1.807) is 0 Å². The standard InChI is InChI=1S/C58H47BN3OS/c1-57(2,3)35-21-24-37(25-22-35)60-48-29-26-40(61(38-15-9-7-10-16-38)39-17-11-8-12-18-39)32-44(48)42-27-28-43-45-34-51-46(41-19-13-14-20-50(41)63-51)33-49(45)62-54(43)53(42)59-56-55(62)47-31-36(58(4,5)6)23-30-52(47)64-56/h7-34,60H,1-6H3. The van der Waals surface area contributed by atoms with E-state index in [0.717, 1.165) is 55.9 Å². The van der Waals surface area contributed by atoms with E-state index in [9.17, 15) is 0 Å². The molecule has 1 aliphatic heterocycles. The monoisotopic (exact) mass is 844 g/mol. The first kappa shape index (κ1) is 38.6. The number of nitrogens with zero attached hydrogens (tertiary/aromatic N) is 2. The van der Waals surface area contributed by atoms with Crippen molar-refractivity contribution < 1.29 is 4.42 Å². The van der Waals surface area contributed by atoms with Crippen LogP contribution in [0.4, 0.5) is 28.4 Å². The zero-order valence-corrected chi connectivity index (χ0v) is 37.8. The molecule has 0 spiro atoms. The Bertz CT molecular complexity index is 3580. The third kappa shape index (κ3) is 6.18. The average Bonchev–Trinajstić information content (AvgIpc) is 3.96. The highest BCUT2D eigenvalue weighted by Crippen LogP contribution is 2.45. The van der Waals surface area contributed by atoms with Crippen LogP contribution in [0.1, 0.15) is 52.7 Å². The molecule has 0 atom stereocenters. The first-order chi connectivity index (χ1) is 31.0. The minimum absolute atomic E-state index is 0.0112. The molecule has 8 aromatic carbocycles. The van der Waals surface area contributed by atoms with E-state index in [1.165, 1.54) is 64.5 Å². The van der Waals surface area contributed by atoms with Crippen molar-refractivity contribution in [1.29, 1.82) is 0 Å². The van der Waals surface area contributed by atoms with Crippen molar-refractivity contribution in [3.05, 3.63) is 181 Å². The lowest BCUT2D eigenvalue weighted by atomic mass is 9.63. The summed E-state index contributed by atoms with van der Waals surface area (Å²) in [5.74, 6) is 0. The summed E-state index contributed by atoms with van der Waals surface area (Å²) in [7, 11) is 2.47. The molecular weight excluding hydrogens is 798 g/mol. The van der Waals surface area contributed by atoms with E-state index < -0.39 is 0 Å². The summed E-state index contributed by atoms with van der Waals surface area (Å²) in [6.45, 7) is 13.7. The lowest BCUT2D eigenvalue weighted by Crippen LogP contribution is -2.35. The normalized spacial score (nSPS) is 12.7. The number of fused-ring (bicyclic) bond motifs is 10. The lowest BCUT2D eigenvalue weighted by molar-refractivity contribution is 0.590. The van der Waals surface area contributed by atoms with Gasteiger partial charge in [0, 0.05) is 71.1 Å². The van der Waals surface area contributed by atoms with Gasteiger partial charge in [0.1, 0.15) is 11.2 Å². The maximum Gasteiger partial charge on any atom is 0.211 e. The van der Waals surface area contributed by atoms with Crippen molar-refractivity contribution in [3.8, 4) is 16.8 Å². The van der Waals surface area contributed by atoms with Crippen molar-refractivity contribution >= 4 is 111 Å². The predicted octanol–water partition coefficient (Wildman–Crippen LogP) is 15.3. The second-order valence-electron chi connectivity index (χ2n) is 19.3. The van der Waals surface area contributed by atoms with Gasteiger partial charge in [-0.25, -0.2) is 0 Å². The van der Waals surface area contributed by atoms with Crippen LogP contribution in [0, 0.1) is 0 Å². The molecule has 4 heterocycles. The Balaban J connectivity index is 1.14. The zero-order chi connectivity index (χ0) is 43.5. The Morgan fingerprint density at radius 2 is 1.22 bits per heavy atom. The van der Waals surface area contributed by atoms with E-state index in [1.807, 2.05) is 11.3 Å². The summed E-state index contributed by atoms with van der Waals surface area (Å²) in [5, 5.41) is 9.86. The molecule has 3 aromatic heterocycles. The number of rotatable bonds is 6. The van der Waals surface area contributed by atoms with Crippen molar-refractivity contribution in [3.63, 3.8) is 0 Å². The minimum atomic E-state index is 0.0112. The molecule has 0 bridgehead atoms. The maximum absolute atomic E-state index is 6.55. The van der Waals surface area contributed by atoms with Gasteiger partial charge in [-0.2, -0.15) is 0 Å². The molecule has 0 unspecified atom stereocenters. The second-order valence-corrected chi connectivity index (χ2v) is 20.4.